The summed E-state index contributed by atoms with van der Waals surface area (Å²) in [6, 6.07) is 15.3. The maximum atomic E-state index is 13.4. The van der Waals surface area contributed by atoms with Crippen molar-refractivity contribution < 1.29 is 14.0 Å². The predicted molar refractivity (Wildman–Crippen MR) is 132 cm³/mol. The average molecular weight is 487 g/mol. The lowest BCUT2D eigenvalue weighted by Gasteiger charge is -2.32. The van der Waals surface area contributed by atoms with Crippen LogP contribution >= 0.6 is 0 Å². The van der Waals surface area contributed by atoms with Gasteiger partial charge in [-0.15, -0.1) is 0 Å². The number of carbonyl (C=O) groups is 2. The van der Waals surface area contributed by atoms with Crippen molar-refractivity contribution in [1.82, 2.24) is 25.5 Å². The van der Waals surface area contributed by atoms with Crippen LogP contribution in [0.4, 0.5) is 4.39 Å². The Morgan fingerprint density at radius 2 is 1.78 bits per heavy atom. The molecule has 1 fully saturated rings. The number of nitrogens with zero attached hydrogens (tertiary/aromatic N) is 4. The monoisotopic (exact) mass is 486 g/mol. The Morgan fingerprint density at radius 1 is 1.03 bits per heavy atom. The zero-order valence-corrected chi connectivity index (χ0v) is 19.8. The highest BCUT2D eigenvalue weighted by Gasteiger charge is 2.22. The first-order chi connectivity index (χ1) is 17.5. The topological polar surface area (TPSA) is 111 Å². The van der Waals surface area contributed by atoms with Crippen molar-refractivity contribution in [3.8, 4) is 17.3 Å². The third kappa shape index (κ3) is 6.71. The van der Waals surface area contributed by atoms with E-state index in [0.29, 0.717) is 35.5 Å². The number of likely N-dealkylation sites (tertiary alicyclic amines) is 1. The van der Waals surface area contributed by atoms with Gasteiger partial charge in [0.1, 0.15) is 5.82 Å². The number of halogens is 1. The molecule has 184 valence electrons. The molecule has 4 rings (SSSR count). The van der Waals surface area contributed by atoms with Crippen LogP contribution in [0.1, 0.15) is 45.7 Å². The summed E-state index contributed by atoms with van der Waals surface area (Å²) in [6.07, 6.45) is 4.98. The number of pyridine rings is 2. The number of nitrogens with one attached hydrogen (secondary N) is 2. The second-order valence-corrected chi connectivity index (χ2v) is 8.67. The van der Waals surface area contributed by atoms with Gasteiger partial charge in [-0.25, -0.2) is 4.39 Å². The molecule has 0 bridgehead atoms. The van der Waals surface area contributed by atoms with Crippen LogP contribution in [0.5, 0.6) is 0 Å². The van der Waals surface area contributed by atoms with Crippen molar-refractivity contribution in [1.29, 1.82) is 5.26 Å². The number of aromatic nitrogens is 2. The second kappa shape index (κ2) is 12.0. The fourth-order valence-electron chi connectivity index (χ4n) is 4.07. The van der Waals surface area contributed by atoms with Crippen LogP contribution in [-0.2, 0) is 6.54 Å². The molecule has 0 saturated carbocycles. The highest BCUT2D eigenvalue weighted by Crippen LogP contribution is 2.19. The molecule has 3 aromatic rings. The van der Waals surface area contributed by atoms with E-state index < -0.39 is 0 Å². The number of carbonyl (C=O) groups excluding carboxylic acids is 2. The molecule has 0 aliphatic carbocycles. The van der Waals surface area contributed by atoms with E-state index in [9.17, 15) is 14.0 Å². The fraction of sp³-hybridized carbons (Fsp3) is 0.296. The number of piperidine rings is 1. The van der Waals surface area contributed by atoms with E-state index in [1.54, 1.807) is 36.5 Å². The number of hydrogen-bond donors (Lipinski definition) is 2. The Labute approximate surface area is 209 Å². The molecule has 0 atom stereocenters. The van der Waals surface area contributed by atoms with Crippen molar-refractivity contribution >= 4 is 11.8 Å². The van der Waals surface area contributed by atoms with Gasteiger partial charge in [-0.3, -0.25) is 24.5 Å². The minimum Gasteiger partial charge on any atom is -0.351 e. The zero-order valence-electron chi connectivity index (χ0n) is 19.8. The number of amides is 2. The average Bonchev–Trinajstić information content (AvgIpc) is 2.90. The normalized spacial score (nSPS) is 14.1. The minimum absolute atomic E-state index is 0.0732. The van der Waals surface area contributed by atoms with Gasteiger partial charge in [-0.1, -0.05) is 12.1 Å². The maximum absolute atomic E-state index is 13.4. The fourth-order valence-corrected chi connectivity index (χ4v) is 4.07. The summed E-state index contributed by atoms with van der Waals surface area (Å²) in [7, 11) is 0. The van der Waals surface area contributed by atoms with Crippen LogP contribution < -0.4 is 10.6 Å². The summed E-state index contributed by atoms with van der Waals surface area (Å²) < 4.78 is 13.4. The van der Waals surface area contributed by atoms with E-state index in [4.69, 9.17) is 5.26 Å². The third-order valence-corrected chi connectivity index (χ3v) is 6.06. The van der Waals surface area contributed by atoms with Crippen LogP contribution in [-0.4, -0.2) is 52.4 Å². The quantitative estimate of drug-likeness (QED) is 0.473. The highest BCUT2D eigenvalue weighted by molar-refractivity contribution is 5.94. The molecule has 36 heavy (non-hydrogen) atoms. The summed E-state index contributed by atoms with van der Waals surface area (Å²) in [5, 5.41) is 14.3. The molecule has 2 aromatic heterocycles. The van der Waals surface area contributed by atoms with Crippen LogP contribution in [0.2, 0.25) is 0 Å². The van der Waals surface area contributed by atoms with E-state index in [1.807, 2.05) is 12.1 Å². The van der Waals surface area contributed by atoms with E-state index in [-0.39, 0.29) is 30.1 Å². The molecular formula is C27H27FN6O2. The summed E-state index contributed by atoms with van der Waals surface area (Å²) in [5.74, 6) is -0.734. The van der Waals surface area contributed by atoms with Crippen LogP contribution in [0.15, 0.2) is 60.9 Å². The van der Waals surface area contributed by atoms with E-state index >= 15 is 0 Å². The third-order valence-electron chi connectivity index (χ3n) is 6.06. The first-order valence-electron chi connectivity index (χ1n) is 11.9. The molecule has 2 N–H and O–H groups in total. The Hall–Kier alpha value is -4.16. The van der Waals surface area contributed by atoms with Gasteiger partial charge in [0.2, 0.25) is 0 Å². The van der Waals surface area contributed by atoms with Crippen molar-refractivity contribution in [2.24, 2.45) is 0 Å². The lowest BCUT2D eigenvalue weighted by Crippen LogP contribution is -2.44. The number of benzene rings is 1. The SMILES string of the molecule is N#CCCNC(=O)c1ccc(CN2CCC(NC(=O)c3ccc(-c4cccc(F)c4)nc3)CC2)nc1. The minimum atomic E-state index is -0.328. The number of rotatable bonds is 8. The lowest BCUT2D eigenvalue weighted by atomic mass is 10.0. The lowest BCUT2D eigenvalue weighted by molar-refractivity contribution is 0.0906. The summed E-state index contributed by atoms with van der Waals surface area (Å²) in [5.41, 5.74) is 3.09. The maximum Gasteiger partial charge on any atom is 0.253 e. The first-order valence-corrected chi connectivity index (χ1v) is 11.9. The highest BCUT2D eigenvalue weighted by atomic mass is 19.1. The van der Waals surface area contributed by atoms with Gasteiger partial charge in [-0.05, 0) is 49.2 Å². The van der Waals surface area contributed by atoms with Crippen molar-refractivity contribution in [3.63, 3.8) is 0 Å². The van der Waals surface area contributed by atoms with Crippen LogP contribution in [0.25, 0.3) is 11.3 Å². The van der Waals surface area contributed by atoms with E-state index in [0.717, 1.165) is 31.6 Å². The van der Waals surface area contributed by atoms with Crippen LogP contribution in [0.3, 0.4) is 0 Å². The van der Waals surface area contributed by atoms with Gasteiger partial charge in [0.05, 0.1) is 35.0 Å². The van der Waals surface area contributed by atoms with Crippen molar-refractivity contribution in [3.05, 3.63) is 83.6 Å². The van der Waals surface area contributed by atoms with Gasteiger partial charge in [-0.2, -0.15) is 5.26 Å². The summed E-state index contributed by atoms with van der Waals surface area (Å²) >= 11 is 0. The van der Waals surface area contributed by atoms with E-state index in [2.05, 4.69) is 25.5 Å². The zero-order chi connectivity index (χ0) is 25.3. The van der Waals surface area contributed by atoms with Gasteiger partial charge < -0.3 is 10.6 Å². The molecule has 0 spiro atoms. The van der Waals surface area contributed by atoms with Crippen LogP contribution in [0, 0.1) is 17.1 Å². The Bertz CT molecular complexity index is 1230. The molecule has 2 amide bonds. The molecule has 9 heteroatoms. The smallest absolute Gasteiger partial charge is 0.253 e. The molecule has 8 nitrogen and oxygen atoms in total. The predicted octanol–water partition coefficient (Wildman–Crippen LogP) is 3.32. The Balaban J connectivity index is 1.23. The van der Waals surface area contributed by atoms with Crippen molar-refractivity contribution in [2.45, 2.75) is 31.8 Å². The number of hydrogen-bond acceptors (Lipinski definition) is 6. The van der Waals surface area contributed by atoms with Gasteiger partial charge in [0, 0.05) is 50.2 Å². The molecule has 1 aliphatic rings. The molecule has 1 aliphatic heterocycles. The Morgan fingerprint density at radius 3 is 2.44 bits per heavy atom. The second-order valence-electron chi connectivity index (χ2n) is 8.67. The largest absolute Gasteiger partial charge is 0.351 e. The summed E-state index contributed by atoms with van der Waals surface area (Å²) in [4.78, 5) is 35.7. The van der Waals surface area contributed by atoms with Gasteiger partial charge >= 0.3 is 0 Å². The molecular weight excluding hydrogens is 459 g/mol. The molecule has 3 heterocycles. The number of nitriles is 1. The molecule has 0 unspecified atom stereocenters. The standard InChI is InChI=1S/C27H27FN6O2/c28-22-4-1-3-19(15-22)25-8-6-21(17-32-25)27(36)33-23-9-13-34(14-10-23)18-24-7-5-20(16-31-24)26(35)30-12-2-11-29/h1,3-8,15-17,23H,2,9-10,12-14,18H2,(H,30,35)(H,33,36). The molecule has 1 aromatic carbocycles. The first kappa shape index (κ1) is 24.9. The molecule has 1 saturated heterocycles. The van der Waals surface area contributed by atoms with E-state index in [1.165, 1.54) is 18.3 Å². The Kier molecular flexibility index (Phi) is 8.32. The van der Waals surface area contributed by atoms with Gasteiger partial charge in [0.15, 0.2) is 0 Å². The van der Waals surface area contributed by atoms with Crippen molar-refractivity contribution in [2.75, 3.05) is 19.6 Å². The summed E-state index contributed by atoms with van der Waals surface area (Å²) in [6.45, 7) is 2.63. The molecule has 0 radical (unpaired) electrons. The van der Waals surface area contributed by atoms with Gasteiger partial charge in [0.25, 0.3) is 11.8 Å².